The van der Waals surface area contributed by atoms with E-state index in [0.717, 1.165) is 14.2 Å². The summed E-state index contributed by atoms with van der Waals surface area (Å²) in [5.41, 5.74) is -0.436. The third kappa shape index (κ3) is 1.76. The summed E-state index contributed by atoms with van der Waals surface area (Å²) in [4.78, 5) is 33.3. The van der Waals surface area contributed by atoms with Crippen LogP contribution in [0.3, 0.4) is 0 Å². The van der Waals surface area contributed by atoms with Crippen LogP contribution in [0.2, 0.25) is 0 Å². The van der Waals surface area contributed by atoms with Crippen molar-refractivity contribution >= 4 is 17.8 Å². The Morgan fingerprint density at radius 2 is 1.93 bits per heavy atom. The van der Waals surface area contributed by atoms with Gasteiger partial charge in [-0.05, 0) is 0 Å². The molecule has 1 heterocycles. The number of methoxy groups -OCH3 is 2. The van der Waals surface area contributed by atoms with Gasteiger partial charge in [-0.1, -0.05) is 0 Å². The zero-order chi connectivity index (χ0) is 11.6. The maximum absolute atomic E-state index is 11.2. The van der Waals surface area contributed by atoms with Gasteiger partial charge in [-0.15, -0.1) is 0 Å². The Kier molecular flexibility index (Phi) is 2.93. The molecule has 1 aliphatic heterocycles. The standard InChI is InChI=1S/C8H9NO6/c1-14-7(12)3-4(8(13)15-2)9-6(11)5(3)10/h4,10H,1-2H3,(H,9,11). The van der Waals surface area contributed by atoms with Crippen LogP contribution in [0.1, 0.15) is 0 Å². The van der Waals surface area contributed by atoms with Gasteiger partial charge in [0.1, 0.15) is 5.57 Å². The van der Waals surface area contributed by atoms with Gasteiger partial charge in [0.05, 0.1) is 14.2 Å². The lowest BCUT2D eigenvalue weighted by Crippen LogP contribution is -2.38. The molecule has 0 aromatic rings. The van der Waals surface area contributed by atoms with Gasteiger partial charge in [-0.3, -0.25) is 4.79 Å². The van der Waals surface area contributed by atoms with Gasteiger partial charge in [0, 0.05) is 0 Å². The van der Waals surface area contributed by atoms with Crippen LogP contribution in [-0.4, -0.2) is 43.2 Å². The molecule has 0 aromatic heterocycles. The number of carbonyl (C=O) groups is 3. The van der Waals surface area contributed by atoms with Crippen molar-refractivity contribution in [2.75, 3.05) is 14.2 Å². The number of nitrogens with one attached hydrogen (secondary N) is 1. The fourth-order valence-electron chi connectivity index (χ4n) is 1.15. The lowest BCUT2D eigenvalue weighted by atomic mass is 10.1. The van der Waals surface area contributed by atoms with Gasteiger partial charge in [0.2, 0.25) is 0 Å². The van der Waals surface area contributed by atoms with Crippen molar-refractivity contribution in [2.24, 2.45) is 0 Å². The Morgan fingerprint density at radius 1 is 1.33 bits per heavy atom. The third-order valence-electron chi connectivity index (χ3n) is 1.88. The van der Waals surface area contributed by atoms with Crippen LogP contribution in [0.5, 0.6) is 0 Å². The van der Waals surface area contributed by atoms with Gasteiger partial charge in [0.15, 0.2) is 11.8 Å². The van der Waals surface area contributed by atoms with Crippen molar-refractivity contribution < 1.29 is 29.0 Å². The van der Waals surface area contributed by atoms with E-state index in [2.05, 4.69) is 14.8 Å². The molecule has 0 saturated heterocycles. The van der Waals surface area contributed by atoms with Gasteiger partial charge in [-0.2, -0.15) is 0 Å². The van der Waals surface area contributed by atoms with Crippen molar-refractivity contribution in [1.29, 1.82) is 0 Å². The van der Waals surface area contributed by atoms with E-state index in [1.54, 1.807) is 0 Å². The molecule has 1 atom stereocenters. The Morgan fingerprint density at radius 3 is 2.40 bits per heavy atom. The number of aliphatic hydroxyl groups is 1. The summed E-state index contributed by atoms with van der Waals surface area (Å²) in [6, 6.07) is -1.31. The molecule has 0 spiro atoms. The number of amides is 1. The maximum atomic E-state index is 11.2. The number of esters is 2. The smallest absolute Gasteiger partial charge is 0.340 e. The Bertz CT molecular complexity index is 358. The van der Waals surface area contributed by atoms with Crippen molar-refractivity contribution in [3.05, 3.63) is 11.3 Å². The SMILES string of the molecule is COC(=O)C1=C(O)C(=O)NC1C(=O)OC. The van der Waals surface area contributed by atoms with Gasteiger partial charge in [0.25, 0.3) is 5.91 Å². The van der Waals surface area contributed by atoms with E-state index in [1.807, 2.05) is 0 Å². The molecule has 1 amide bonds. The molecular formula is C8H9NO6. The summed E-state index contributed by atoms with van der Waals surface area (Å²) >= 11 is 0. The van der Waals surface area contributed by atoms with E-state index in [0.29, 0.717) is 0 Å². The molecular weight excluding hydrogens is 206 g/mol. The number of hydrogen-bond donors (Lipinski definition) is 2. The quantitative estimate of drug-likeness (QED) is 0.552. The molecule has 1 rings (SSSR count). The van der Waals surface area contributed by atoms with Crippen molar-refractivity contribution in [3.63, 3.8) is 0 Å². The van der Waals surface area contributed by atoms with Crippen LogP contribution in [0, 0.1) is 0 Å². The summed E-state index contributed by atoms with van der Waals surface area (Å²) in [6.07, 6.45) is 0. The summed E-state index contributed by atoms with van der Waals surface area (Å²) in [5, 5.41) is 11.3. The number of hydrogen-bond acceptors (Lipinski definition) is 6. The Balaban J connectivity index is 3.08. The van der Waals surface area contributed by atoms with Gasteiger partial charge < -0.3 is 19.9 Å². The lowest BCUT2D eigenvalue weighted by Gasteiger charge is -2.09. The topological polar surface area (TPSA) is 102 Å². The molecule has 0 aliphatic carbocycles. The molecule has 0 saturated carbocycles. The monoisotopic (exact) mass is 215 g/mol. The molecule has 7 heteroatoms. The van der Waals surface area contributed by atoms with Crippen LogP contribution in [0.15, 0.2) is 11.3 Å². The fourth-order valence-corrected chi connectivity index (χ4v) is 1.15. The number of carbonyl (C=O) groups excluding carboxylic acids is 3. The largest absolute Gasteiger partial charge is 0.503 e. The molecule has 0 radical (unpaired) electrons. The van der Waals surface area contributed by atoms with E-state index < -0.39 is 35.2 Å². The molecule has 0 aromatic carbocycles. The number of rotatable bonds is 2. The molecule has 0 bridgehead atoms. The average molecular weight is 215 g/mol. The summed E-state index contributed by atoms with van der Waals surface area (Å²) in [5.74, 6) is -3.54. The highest BCUT2D eigenvalue weighted by Crippen LogP contribution is 2.17. The average Bonchev–Trinajstić information content (AvgIpc) is 2.53. The van der Waals surface area contributed by atoms with Crippen molar-refractivity contribution in [3.8, 4) is 0 Å². The molecule has 15 heavy (non-hydrogen) atoms. The minimum Gasteiger partial charge on any atom is -0.503 e. The van der Waals surface area contributed by atoms with E-state index in [4.69, 9.17) is 0 Å². The second-order valence-corrected chi connectivity index (χ2v) is 2.68. The van der Waals surface area contributed by atoms with E-state index in [1.165, 1.54) is 0 Å². The maximum Gasteiger partial charge on any atom is 0.340 e. The first kappa shape index (κ1) is 11.0. The second kappa shape index (κ2) is 3.99. The molecule has 1 unspecified atom stereocenters. The fraction of sp³-hybridized carbons (Fsp3) is 0.375. The predicted molar refractivity (Wildman–Crippen MR) is 45.6 cm³/mol. The lowest BCUT2D eigenvalue weighted by molar-refractivity contribution is -0.145. The van der Waals surface area contributed by atoms with E-state index >= 15 is 0 Å². The molecule has 2 N–H and O–H groups in total. The highest BCUT2D eigenvalue weighted by atomic mass is 16.5. The van der Waals surface area contributed by atoms with Crippen molar-refractivity contribution in [2.45, 2.75) is 6.04 Å². The van der Waals surface area contributed by atoms with Crippen LogP contribution in [0.25, 0.3) is 0 Å². The number of aliphatic hydroxyl groups excluding tert-OH is 1. The summed E-state index contributed by atoms with van der Waals surface area (Å²) < 4.78 is 8.67. The van der Waals surface area contributed by atoms with Gasteiger partial charge in [-0.25, -0.2) is 9.59 Å². The zero-order valence-electron chi connectivity index (χ0n) is 8.07. The zero-order valence-corrected chi connectivity index (χ0v) is 8.07. The predicted octanol–water partition coefficient (Wildman–Crippen LogP) is -1.36. The van der Waals surface area contributed by atoms with E-state index in [-0.39, 0.29) is 0 Å². The molecule has 7 nitrogen and oxygen atoms in total. The van der Waals surface area contributed by atoms with Gasteiger partial charge >= 0.3 is 11.9 Å². The highest BCUT2D eigenvalue weighted by Gasteiger charge is 2.41. The number of ether oxygens (including phenoxy) is 2. The first-order valence-corrected chi connectivity index (χ1v) is 3.93. The van der Waals surface area contributed by atoms with Crippen LogP contribution in [0.4, 0.5) is 0 Å². The first-order chi connectivity index (χ1) is 7.02. The second-order valence-electron chi connectivity index (χ2n) is 2.68. The molecule has 0 fully saturated rings. The highest BCUT2D eigenvalue weighted by molar-refractivity contribution is 6.11. The molecule has 1 aliphatic rings. The van der Waals surface area contributed by atoms with E-state index in [9.17, 15) is 19.5 Å². The minimum atomic E-state index is -1.31. The van der Waals surface area contributed by atoms with Crippen LogP contribution >= 0.6 is 0 Å². The Hall–Kier alpha value is -2.05. The minimum absolute atomic E-state index is 0.436. The van der Waals surface area contributed by atoms with Crippen molar-refractivity contribution in [1.82, 2.24) is 5.32 Å². The van der Waals surface area contributed by atoms with Crippen LogP contribution in [-0.2, 0) is 23.9 Å². The summed E-state index contributed by atoms with van der Waals surface area (Å²) in [6.45, 7) is 0. The molecule has 82 valence electrons. The Labute approximate surface area is 84.7 Å². The normalized spacial score (nSPS) is 19.9. The third-order valence-corrected chi connectivity index (χ3v) is 1.88. The van der Waals surface area contributed by atoms with Crippen LogP contribution < -0.4 is 5.32 Å². The first-order valence-electron chi connectivity index (χ1n) is 3.93. The summed E-state index contributed by atoms with van der Waals surface area (Å²) in [7, 11) is 2.17.